The van der Waals surface area contributed by atoms with Crippen LogP contribution in [-0.4, -0.2) is 51.0 Å². The zero-order valence-corrected chi connectivity index (χ0v) is 15.7. The van der Waals surface area contributed by atoms with E-state index in [4.69, 9.17) is 0 Å². The predicted molar refractivity (Wildman–Crippen MR) is 90.0 cm³/mol. The third-order valence-corrected chi connectivity index (χ3v) is 5.17. The number of hydrogen-bond acceptors (Lipinski definition) is 5. The van der Waals surface area contributed by atoms with Gasteiger partial charge in [-0.2, -0.15) is 17.5 Å². The lowest BCUT2D eigenvalue weighted by atomic mass is 10.2. The van der Waals surface area contributed by atoms with Crippen LogP contribution in [0.3, 0.4) is 0 Å². The van der Waals surface area contributed by atoms with Gasteiger partial charge in [0.15, 0.2) is 0 Å². The minimum Gasteiger partial charge on any atom is -0.462 e. The third kappa shape index (κ3) is 6.93. The van der Waals surface area contributed by atoms with E-state index in [9.17, 15) is 26.4 Å². The highest BCUT2D eigenvalue weighted by atomic mass is 32.2. The van der Waals surface area contributed by atoms with Crippen molar-refractivity contribution in [3.05, 3.63) is 29.8 Å². The van der Waals surface area contributed by atoms with Crippen molar-refractivity contribution < 1.29 is 31.1 Å². The molecule has 10 heteroatoms. The van der Waals surface area contributed by atoms with Gasteiger partial charge in [0.1, 0.15) is 5.60 Å². The van der Waals surface area contributed by atoms with Crippen molar-refractivity contribution >= 4 is 16.5 Å². The molecule has 1 aromatic carbocycles. The largest absolute Gasteiger partial charge is 0.462 e. The third-order valence-electron chi connectivity index (χ3n) is 3.28. The van der Waals surface area contributed by atoms with Gasteiger partial charge in [-0.1, -0.05) is 6.07 Å². The Morgan fingerprint density at radius 2 is 1.73 bits per heavy atom. The van der Waals surface area contributed by atoms with Crippen molar-refractivity contribution in [2.24, 2.45) is 0 Å². The number of carbonyl (C=O) groups is 1. The fourth-order valence-electron chi connectivity index (χ4n) is 2.01. The molecule has 1 heterocycles. The van der Waals surface area contributed by atoms with Crippen LogP contribution in [0.4, 0.5) is 13.2 Å². The van der Waals surface area contributed by atoms with E-state index in [0.29, 0.717) is 25.6 Å². The number of alkyl halides is 3. The van der Waals surface area contributed by atoms with Crippen LogP contribution in [0.5, 0.6) is 0 Å². The molecule has 1 aliphatic rings. The number of sulfonamides is 1. The van der Waals surface area contributed by atoms with Gasteiger partial charge in [-0.05, 0) is 39.0 Å². The topological polar surface area (TPSA) is 75.7 Å². The van der Waals surface area contributed by atoms with E-state index in [0.717, 1.165) is 12.1 Å². The molecule has 0 unspecified atom stereocenters. The fourth-order valence-corrected chi connectivity index (χ4v) is 3.50. The molecule has 0 amide bonds. The highest BCUT2D eigenvalue weighted by molar-refractivity contribution is 7.89. The summed E-state index contributed by atoms with van der Waals surface area (Å²) in [6, 6.07) is 3.83. The summed E-state index contributed by atoms with van der Waals surface area (Å²) in [6.45, 7) is 7.44. The fraction of sp³-hybridized carbons (Fsp3) is 0.562. The average Bonchev–Trinajstić information content (AvgIpc) is 2.54. The Balaban J connectivity index is 0.000000412. The summed E-state index contributed by atoms with van der Waals surface area (Å²) in [5.41, 5.74) is -1.27. The molecule has 1 saturated heterocycles. The number of halogens is 3. The monoisotopic (exact) mass is 396 g/mol. The quantitative estimate of drug-likeness (QED) is 0.794. The molecule has 26 heavy (non-hydrogen) atoms. The molecule has 0 atom stereocenters. The maximum atomic E-state index is 12.6. The number of nitrogens with zero attached hydrogens (tertiary/aromatic N) is 1. The average molecular weight is 396 g/mol. The molecule has 0 bridgehead atoms. The lowest BCUT2D eigenvalue weighted by Crippen LogP contribution is -2.46. The standard InChI is InChI=1S/C11H13F3N2O2S.C5H10O2/c12-11(13,14)9-2-1-3-10(8-9)19(17,18)16-6-4-15-5-7-16;1-5(2,3)7-4-6/h1-3,8,15H,4-7H2;4H,1-3H3. The highest BCUT2D eigenvalue weighted by Crippen LogP contribution is 2.31. The summed E-state index contributed by atoms with van der Waals surface area (Å²) >= 11 is 0. The molecule has 0 saturated carbocycles. The number of ether oxygens (including phenoxy) is 1. The Bertz CT molecular complexity index is 694. The minimum atomic E-state index is -4.55. The molecule has 2 rings (SSSR count). The molecule has 1 fully saturated rings. The molecular weight excluding hydrogens is 373 g/mol. The molecular formula is C16H23F3N2O4S. The van der Waals surface area contributed by atoms with Gasteiger partial charge >= 0.3 is 6.18 Å². The van der Waals surface area contributed by atoms with Crippen LogP contribution in [0.2, 0.25) is 0 Å². The SMILES string of the molecule is CC(C)(C)OC=O.O=S(=O)(c1cccc(C(F)(F)F)c1)N1CCNCC1. The summed E-state index contributed by atoms with van der Waals surface area (Å²) < 4.78 is 67.9. The molecule has 1 N–H and O–H groups in total. The van der Waals surface area contributed by atoms with Crippen molar-refractivity contribution in [2.45, 2.75) is 37.4 Å². The van der Waals surface area contributed by atoms with E-state index in [1.807, 2.05) is 20.8 Å². The van der Waals surface area contributed by atoms with Gasteiger partial charge in [0.25, 0.3) is 6.47 Å². The van der Waals surface area contributed by atoms with Gasteiger partial charge in [-0.25, -0.2) is 8.42 Å². The van der Waals surface area contributed by atoms with Gasteiger partial charge in [-0.3, -0.25) is 4.79 Å². The van der Waals surface area contributed by atoms with Crippen LogP contribution in [-0.2, 0) is 25.7 Å². The zero-order chi connectivity index (χ0) is 20.0. The number of carbonyl (C=O) groups excluding carboxylic acids is 1. The van der Waals surface area contributed by atoms with Crippen molar-refractivity contribution in [1.82, 2.24) is 9.62 Å². The minimum absolute atomic E-state index is 0.262. The summed E-state index contributed by atoms with van der Waals surface area (Å²) in [7, 11) is -3.85. The maximum Gasteiger partial charge on any atom is 0.416 e. The zero-order valence-electron chi connectivity index (χ0n) is 14.8. The Morgan fingerprint density at radius 3 is 2.15 bits per heavy atom. The molecule has 0 spiro atoms. The number of nitrogens with one attached hydrogen (secondary N) is 1. The number of hydrogen-bond donors (Lipinski definition) is 1. The predicted octanol–water partition coefficient (Wildman–Crippen LogP) is 2.26. The molecule has 1 aromatic rings. The van der Waals surface area contributed by atoms with Crippen LogP contribution in [0, 0.1) is 0 Å². The van der Waals surface area contributed by atoms with E-state index in [-0.39, 0.29) is 23.6 Å². The molecule has 0 aromatic heterocycles. The second-order valence-corrected chi connectivity index (χ2v) is 8.44. The van der Waals surface area contributed by atoms with Gasteiger partial charge in [0.05, 0.1) is 10.5 Å². The normalized spacial score (nSPS) is 16.4. The lowest BCUT2D eigenvalue weighted by Gasteiger charge is -2.26. The van der Waals surface area contributed by atoms with Crippen molar-refractivity contribution in [3.63, 3.8) is 0 Å². The Hall–Kier alpha value is -1.65. The Morgan fingerprint density at radius 1 is 1.15 bits per heavy atom. The second kappa shape index (κ2) is 8.83. The summed E-state index contributed by atoms with van der Waals surface area (Å²) in [5.74, 6) is 0. The molecule has 148 valence electrons. The Labute approximate surface area is 151 Å². The molecule has 1 aliphatic heterocycles. The van der Waals surface area contributed by atoms with Gasteiger partial charge in [0, 0.05) is 26.2 Å². The van der Waals surface area contributed by atoms with E-state index >= 15 is 0 Å². The van der Waals surface area contributed by atoms with Crippen molar-refractivity contribution in [2.75, 3.05) is 26.2 Å². The summed E-state index contributed by atoms with van der Waals surface area (Å²) in [6.07, 6.45) is -4.55. The molecule has 0 radical (unpaired) electrons. The summed E-state index contributed by atoms with van der Waals surface area (Å²) in [5, 5.41) is 2.99. The van der Waals surface area contributed by atoms with Gasteiger partial charge < -0.3 is 10.1 Å². The van der Waals surface area contributed by atoms with E-state index in [1.54, 1.807) is 0 Å². The second-order valence-electron chi connectivity index (χ2n) is 6.51. The van der Waals surface area contributed by atoms with Crippen molar-refractivity contribution in [1.29, 1.82) is 0 Å². The van der Waals surface area contributed by atoms with Crippen LogP contribution in [0.15, 0.2) is 29.2 Å². The van der Waals surface area contributed by atoms with Gasteiger partial charge in [-0.15, -0.1) is 0 Å². The first kappa shape index (κ1) is 22.4. The van der Waals surface area contributed by atoms with Crippen LogP contribution in [0.1, 0.15) is 26.3 Å². The first-order valence-electron chi connectivity index (χ1n) is 7.87. The number of rotatable bonds is 3. The number of piperazine rings is 1. The van der Waals surface area contributed by atoms with Gasteiger partial charge in [0.2, 0.25) is 10.0 Å². The maximum absolute atomic E-state index is 12.6. The van der Waals surface area contributed by atoms with Crippen LogP contribution in [0.25, 0.3) is 0 Å². The lowest BCUT2D eigenvalue weighted by molar-refractivity contribution is -0.139. The smallest absolute Gasteiger partial charge is 0.416 e. The Kier molecular flexibility index (Phi) is 7.60. The summed E-state index contributed by atoms with van der Waals surface area (Å²) in [4.78, 5) is 9.28. The van der Waals surface area contributed by atoms with Crippen molar-refractivity contribution in [3.8, 4) is 0 Å². The van der Waals surface area contributed by atoms with E-state index in [2.05, 4.69) is 10.1 Å². The van der Waals surface area contributed by atoms with E-state index < -0.39 is 21.8 Å². The first-order chi connectivity index (χ1) is 11.9. The molecule has 6 nitrogen and oxygen atoms in total. The first-order valence-corrected chi connectivity index (χ1v) is 9.31. The van der Waals surface area contributed by atoms with Crippen LogP contribution >= 0.6 is 0 Å². The molecule has 0 aliphatic carbocycles. The van der Waals surface area contributed by atoms with Crippen LogP contribution < -0.4 is 5.32 Å². The number of benzene rings is 1. The highest BCUT2D eigenvalue weighted by Gasteiger charge is 2.33. The van der Waals surface area contributed by atoms with E-state index in [1.165, 1.54) is 10.4 Å².